The van der Waals surface area contributed by atoms with E-state index in [2.05, 4.69) is 39.2 Å². The van der Waals surface area contributed by atoms with Crippen molar-refractivity contribution in [1.29, 1.82) is 0 Å². The van der Waals surface area contributed by atoms with Crippen molar-refractivity contribution in [1.82, 2.24) is 20.1 Å². The summed E-state index contributed by atoms with van der Waals surface area (Å²) >= 11 is 0. The molecule has 38 heavy (non-hydrogen) atoms. The van der Waals surface area contributed by atoms with E-state index in [1.807, 2.05) is 36.3 Å². The summed E-state index contributed by atoms with van der Waals surface area (Å²) in [6.07, 6.45) is 5.46. The minimum absolute atomic E-state index is 0.138. The van der Waals surface area contributed by atoms with Crippen molar-refractivity contribution in [2.45, 2.75) is 38.1 Å². The van der Waals surface area contributed by atoms with Gasteiger partial charge in [0.25, 0.3) is 0 Å². The molecule has 3 N–H and O–H groups in total. The lowest BCUT2D eigenvalue weighted by Crippen LogP contribution is -2.52. The van der Waals surface area contributed by atoms with E-state index in [0.29, 0.717) is 28.2 Å². The van der Waals surface area contributed by atoms with Crippen molar-refractivity contribution < 1.29 is 9.59 Å². The molecule has 2 amide bonds. The summed E-state index contributed by atoms with van der Waals surface area (Å²) in [5.41, 5.74) is 11.6. The zero-order valence-electron chi connectivity index (χ0n) is 22.1. The fourth-order valence-corrected chi connectivity index (χ4v) is 6.21. The van der Waals surface area contributed by atoms with Crippen LogP contribution < -0.4 is 15.6 Å². The minimum Gasteiger partial charge on any atom is -0.369 e. The monoisotopic (exact) mass is 513 g/mol. The second kappa shape index (κ2) is 9.89. The third-order valence-corrected chi connectivity index (χ3v) is 8.40. The van der Waals surface area contributed by atoms with E-state index in [0.717, 1.165) is 63.0 Å². The predicted molar refractivity (Wildman–Crippen MR) is 149 cm³/mol. The van der Waals surface area contributed by atoms with Gasteiger partial charge in [-0.1, -0.05) is 43.5 Å². The summed E-state index contributed by atoms with van der Waals surface area (Å²) in [7, 11) is 4.04. The number of aromatic nitrogens is 2. The summed E-state index contributed by atoms with van der Waals surface area (Å²) in [5.74, 6) is -0.138. The number of ketones is 1. The number of nitrogens with zero attached hydrogens (tertiary/aromatic N) is 5. The Bertz CT molecular complexity index is 1350. The number of carbonyl (C=O) groups is 2. The quantitative estimate of drug-likeness (QED) is 0.390. The molecule has 0 bridgehead atoms. The molecule has 3 aromatic rings. The highest BCUT2D eigenvalue weighted by atomic mass is 16.2. The third kappa shape index (κ3) is 4.16. The fourth-order valence-electron chi connectivity index (χ4n) is 6.21. The number of rotatable bonds is 5. The number of likely N-dealkylation sites (N-methyl/N-ethyl adjacent to an activating group) is 1. The van der Waals surface area contributed by atoms with Gasteiger partial charge in [-0.15, -0.1) is 0 Å². The molecule has 2 aromatic carbocycles. The molecule has 3 aliphatic rings. The van der Waals surface area contributed by atoms with Crippen LogP contribution in [0.3, 0.4) is 0 Å². The Hall–Kier alpha value is -3.69. The van der Waals surface area contributed by atoms with E-state index in [9.17, 15) is 9.59 Å². The van der Waals surface area contributed by atoms with E-state index in [-0.39, 0.29) is 11.8 Å². The first kappa shape index (κ1) is 24.6. The Morgan fingerprint density at radius 1 is 1.00 bits per heavy atom. The van der Waals surface area contributed by atoms with Crippen LogP contribution >= 0.6 is 0 Å². The van der Waals surface area contributed by atoms with Crippen molar-refractivity contribution in [3.63, 3.8) is 0 Å². The zero-order valence-corrected chi connectivity index (χ0v) is 22.1. The van der Waals surface area contributed by atoms with Gasteiger partial charge in [-0.25, -0.2) is 14.8 Å². The van der Waals surface area contributed by atoms with E-state index in [1.54, 1.807) is 6.07 Å². The highest BCUT2D eigenvalue weighted by molar-refractivity contribution is 6.27. The van der Waals surface area contributed by atoms with Crippen molar-refractivity contribution in [2.24, 2.45) is 5.73 Å². The molecule has 2 heterocycles. The maximum atomic E-state index is 14.0. The number of aromatic amines is 1. The van der Waals surface area contributed by atoms with Gasteiger partial charge in [0.2, 0.25) is 0 Å². The lowest BCUT2D eigenvalue weighted by atomic mass is 9.95. The summed E-state index contributed by atoms with van der Waals surface area (Å²) < 4.78 is 0. The SMILES string of the molecule is CN1CCN(c2ccc(-c3[nH]nc4c3C(=O)c3c-4cccc3N(C(N)=O)N(C)C3CCCCC3)cc2)CC1. The topological polar surface area (TPSA) is 102 Å². The number of hydrazine groups is 1. The predicted octanol–water partition coefficient (Wildman–Crippen LogP) is 4.10. The summed E-state index contributed by atoms with van der Waals surface area (Å²) in [4.78, 5) is 31.4. The molecular weight excluding hydrogens is 478 g/mol. The van der Waals surface area contributed by atoms with Crippen LogP contribution in [0.2, 0.25) is 0 Å². The molecule has 0 unspecified atom stereocenters. The number of anilines is 2. The standard InChI is InChI=1S/C29H35N7O2/c1-33-15-17-35(18-16-33)21-13-11-19(12-14-21)26-25-27(32-31-26)22-9-6-10-23(24(22)28(25)37)36(29(30)38)34(2)20-7-4-3-5-8-20/h6,9-14,20H,3-5,7-8,15-18H2,1-2H3,(H2,30,38)(H,31,32). The van der Waals surface area contributed by atoms with Gasteiger partial charge in [-0.2, -0.15) is 5.10 Å². The number of nitrogens with one attached hydrogen (secondary N) is 1. The Labute approximate surface area is 223 Å². The number of urea groups is 1. The molecule has 1 aromatic heterocycles. The van der Waals surface area contributed by atoms with Gasteiger partial charge in [0.1, 0.15) is 5.69 Å². The normalized spacial score (nSPS) is 18.1. The van der Waals surface area contributed by atoms with Crippen LogP contribution in [0.25, 0.3) is 22.5 Å². The first-order chi connectivity index (χ1) is 18.4. The number of nitrogens with two attached hydrogens (primary N) is 1. The van der Waals surface area contributed by atoms with Crippen molar-refractivity contribution in [3.05, 3.63) is 53.6 Å². The van der Waals surface area contributed by atoms with Crippen LogP contribution in [0, 0.1) is 0 Å². The molecular formula is C29H35N7O2. The number of benzene rings is 2. The van der Waals surface area contributed by atoms with E-state index in [1.165, 1.54) is 17.1 Å². The molecule has 198 valence electrons. The van der Waals surface area contributed by atoms with Gasteiger partial charge in [0.05, 0.1) is 22.5 Å². The molecule has 0 spiro atoms. The average molecular weight is 514 g/mol. The molecule has 2 aliphatic carbocycles. The number of carbonyl (C=O) groups excluding carboxylic acids is 2. The minimum atomic E-state index is -0.593. The summed E-state index contributed by atoms with van der Waals surface area (Å²) in [6, 6.07) is 13.5. The molecule has 9 nitrogen and oxygen atoms in total. The first-order valence-electron chi connectivity index (χ1n) is 13.6. The number of hydrogen-bond donors (Lipinski definition) is 2. The summed E-state index contributed by atoms with van der Waals surface area (Å²) in [6.45, 7) is 4.08. The number of primary amides is 1. The molecule has 6 rings (SSSR count). The molecule has 0 atom stereocenters. The van der Waals surface area contributed by atoms with Crippen LogP contribution in [0.15, 0.2) is 42.5 Å². The number of fused-ring (bicyclic) bond motifs is 3. The molecule has 9 heteroatoms. The largest absolute Gasteiger partial charge is 0.369 e. The maximum Gasteiger partial charge on any atom is 0.334 e. The van der Waals surface area contributed by atoms with E-state index >= 15 is 0 Å². The van der Waals surface area contributed by atoms with Gasteiger partial charge < -0.3 is 15.5 Å². The first-order valence-corrected chi connectivity index (χ1v) is 13.6. The van der Waals surface area contributed by atoms with Crippen molar-refractivity contribution in [3.8, 4) is 22.5 Å². The highest BCUT2D eigenvalue weighted by Gasteiger charge is 2.38. The highest BCUT2D eigenvalue weighted by Crippen LogP contribution is 2.44. The maximum absolute atomic E-state index is 14.0. The van der Waals surface area contributed by atoms with Crippen molar-refractivity contribution in [2.75, 3.05) is 50.2 Å². The lowest BCUT2D eigenvalue weighted by molar-refractivity contribution is 0.104. The van der Waals surface area contributed by atoms with Crippen LogP contribution in [-0.2, 0) is 0 Å². The van der Waals surface area contributed by atoms with Gasteiger partial charge in [-0.3, -0.25) is 9.89 Å². The Morgan fingerprint density at radius 2 is 1.71 bits per heavy atom. The molecule has 1 aliphatic heterocycles. The number of amides is 2. The number of H-pyrrole nitrogens is 1. The fraction of sp³-hybridized carbons (Fsp3) is 0.414. The average Bonchev–Trinajstić information content (AvgIpc) is 3.50. The van der Waals surface area contributed by atoms with Gasteiger partial charge in [0, 0.05) is 56.1 Å². The smallest absolute Gasteiger partial charge is 0.334 e. The van der Waals surface area contributed by atoms with Gasteiger partial charge in [0.15, 0.2) is 5.78 Å². The van der Waals surface area contributed by atoms with Gasteiger partial charge >= 0.3 is 6.03 Å². The Kier molecular flexibility index (Phi) is 6.41. The molecule has 1 saturated heterocycles. The lowest BCUT2D eigenvalue weighted by Gasteiger charge is -2.39. The Morgan fingerprint density at radius 3 is 2.39 bits per heavy atom. The van der Waals surface area contributed by atoms with E-state index < -0.39 is 6.03 Å². The van der Waals surface area contributed by atoms with E-state index in [4.69, 9.17) is 5.73 Å². The van der Waals surface area contributed by atoms with Crippen LogP contribution in [0.4, 0.5) is 16.2 Å². The number of piperazine rings is 1. The zero-order chi connectivity index (χ0) is 26.4. The molecule has 1 saturated carbocycles. The van der Waals surface area contributed by atoms with Crippen LogP contribution in [-0.4, -0.2) is 78.2 Å². The number of hydrogen-bond acceptors (Lipinski definition) is 6. The third-order valence-electron chi connectivity index (χ3n) is 8.40. The second-order valence-corrected chi connectivity index (χ2v) is 10.7. The summed E-state index contributed by atoms with van der Waals surface area (Å²) in [5, 5.41) is 11.1. The molecule has 2 fully saturated rings. The van der Waals surface area contributed by atoms with Gasteiger partial charge in [-0.05, 0) is 38.1 Å². The van der Waals surface area contributed by atoms with Crippen molar-refractivity contribution >= 4 is 23.2 Å². The second-order valence-electron chi connectivity index (χ2n) is 10.7. The molecule has 0 radical (unpaired) electrons. The van der Waals surface area contributed by atoms with Crippen LogP contribution in [0.5, 0.6) is 0 Å². The van der Waals surface area contributed by atoms with Crippen LogP contribution in [0.1, 0.15) is 48.0 Å². The Balaban J connectivity index is 1.32.